The molecule has 0 radical (unpaired) electrons. The fraction of sp³-hybridized carbons (Fsp3) is 0.118. The molecular formula is C17H12BrFO3S. The van der Waals surface area contributed by atoms with Gasteiger partial charge in [0.25, 0.3) is 0 Å². The van der Waals surface area contributed by atoms with E-state index in [1.807, 2.05) is 0 Å². The van der Waals surface area contributed by atoms with Gasteiger partial charge in [0.05, 0.1) is 7.11 Å². The molecule has 2 aromatic carbocycles. The number of ether oxygens (including phenoxy) is 1. The third kappa shape index (κ3) is 3.14. The van der Waals surface area contributed by atoms with Crippen LogP contribution in [0.25, 0.3) is 6.08 Å². The van der Waals surface area contributed by atoms with Crippen molar-refractivity contribution in [3.05, 3.63) is 57.3 Å². The smallest absolute Gasteiger partial charge is 0.191 e. The summed E-state index contributed by atoms with van der Waals surface area (Å²) in [5.41, 5.74) is 1.59. The highest BCUT2D eigenvalue weighted by Crippen LogP contribution is 2.37. The van der Waals surface area contributed by atoms with Gasteiger partial charge in [-0.15, -0.1) is 11.8 Å². The van der Waals surface area contributed by atoms with Crippen LogP contribution in [0.5, 0.6) is 11.5 Å². The first-order valence-corrected chi connectivity index (χ1v) is 8.51. The largest absolute Gasteiger partial charge is 0.504 e. The van der Waals surface area contributed by atoms with Crippen LogP contribution in [-0.4, -0.2) is 23.8 Å². The lowest BCUT2D eigenvalue weighted by Gasteiger charge is -2.17. The summed E-state index contributed by atoms with van der Waals surface area (Å²) in [6.07, 6.45) is 1.70. The van der Waals surface area contributed by atoms with Gasteiger partial charge < -0.3 is 9.84 Å². The van der Waals surface area contributed by atoms with Crippen molar-refractivity contribution in [2.75, 3.05) is 12.9 Å². The van der Waals surface area contributed by atoms with E-state index in [0.717, 1.165) is 4.90 Å². The fourth-order valence-electron chi connectivity index (χ4n) is 2.33. The molecule has 0 amide bonds. The van der Waals surface area contributed by atoms with Gasteiger partial charge in [-0.1, -0.05) is 15.9 Å². The predicted molar refractivity (Wildman–Crippen MR) is 91.8 cm³/mol. The first kappa shape index (κ1) is 16.1. The number of fused-ring (bicyclic) bond motifs is 1. The first-order valence-electron chi connectivity index (χ1n) is 6.73. The highest BCUT2D eigenvalue weighted by molar-refractivity contribution is 9.10. The summed E-state index contributed by atoms with van der Waals surface area (Å²) in [5, 5.41) is 9.89. The van der Waals surface area contributed by atoms with Gasteiger partial charge in [-0.25, -0.2) is 4.39 Å². The average Bonchev–Trinajstić information content (AvgIpc) is 2.53. The molecule has 6 heteroatoms. The fourth-order valence-corrected chi connectivity index (χ4v) is 3.76. The summed E-state index contributed by atoms with van der Waals surface area (Å²) in [6, 6.07) is 7.40. The number of Topliss-reactive ketones (excluding diaryl/α,β-unsaturated/α-hetero) is 1. The number of benzene rings is 2. The molecule has 0 bridgehead atoms. The zero-order chi connectivity index (χ0) is 16.6. The second-order valence-electron chi connectivity index (χ2n) is 4.97. The Bertz CT molecular complexity index is 833. The van der Waals surface area contributed by atoms with Gasteiger partial charge >= 0.3 is 0 Å². The molecule has 3 rings (SSSR count). The molecule has 3 nitrogen and oxygen atoms in total. The van der Waals surface area contributed by atoms with E-state index >= 15 is 0 Å². The molecule has 1 N–H and O–H groups in total. The molecule has 0 aromatic heterocycles. The third-order valence-corrected chi connectivity index (χ3v) is 5.30. The minimum Gasteiger partial charge on any atom is -0.504 e. The standard InChI is InChI=1S/C17H12BrFO3S/c1-22-15-7-13(18)9(5-14(15)20)4-10-8-23-16-3-2-11(19)6-12(16)17(10)21/h2-7,20H,8H2,1H3/b10-4-. The molecule has 0 saturated carbocycles. The number of hydrogen-bond donors (Lipinski definition) is 1. The molecule has 0 fully saturated rings. The lowest BCUT2D eigenvalue weighted by Crippen LogP contribution is -2.12. The minimum absolute atomic E-state index is 0.00935. The maximum absolute atomic E-state index is 13.4. The zero-order valence-electron chi connectivity index (χ0n) is 12.1. The van der Waals surface area contributed by atoms with Crippen molar-refractivity contribution in [2.45, 2.75) is 4.90 Å². The number of carbonyl (C=O) groups is 1. The Kier molecular flexibility index (Phi) is 4.46. The summed E-state index contributed by atoms with van der Waals surface area (Å²) in [6.45, 7) is 0. The molecule has 0 aliphatic carbocycles. The molecule has 2 aromatic rings. The van der Waals surface area contributed by atoms with Gasteiger partial charge in [0.1, 0.15) is 5.82 Å². The molecule has 118 valence electrons. The van der Waals surface area contributed by atoms with Crippen molar-refractivity contribution in [3.8, 4) is 11.5 Å². The van der Waals surface area contributed by atoms with Crippen molar-refractivity contribution in [1.29, 1.82) is 0 Å². The number of phenolic OH excluding ortho intramolecular Hbond substituents is 1. The molecule has 1 aliphatic rings. The molecule has 1 heterocycles. The number of hydrogen-bond acceptors (Lipinski definition) is 4. The van der Waals surface area contributed by atoms with E-state index in [4.69, 9.17) is 4.74 Å². The lowest BCUT2D eigenvalue weighted by molar-refractivity contribution is 0.103. The monoisotopic (exact) mass is 394 g/mol. The van der Waals surface area contributed by atoms with E-state index < -0.39 is 5.82 Å². The Labute approximate surface area is 145 Å². The van der Waals surface area contributed by atoms with Gasteiger partial charge in [-0.2, -0.15) is 0 Å². The Morgan fingerprint density at radius 2 is 2.13 bits per heavy atom. The van der Waals surface area contributed by atoms with E-state index in [1.165, 1.54) is 37.1 Å². The lowest BCUT2D eigenvalue weighted by atomic mass is 10.0. The van der Waals surface area contributed by atoms with E-state index in [-0.39, 0.29) is 11.5 Å². The average molecular weight is 395 g/mol. The Morgan fingerprint density at radius 3 is 2.87 bits per heavy atom. The van der Waals surface area contributed by atoms with Crippen molar-refractivity contribution < 1.29 is 19.0 Å². The summed E-state index contributed by atoms with van der Waals surface area (Å²) >= 11 is 4.89. The molecule has 1 aliphatic heterocycles. The third-order valence-electron chi connectivity index (χ3n) is 3.49. The topological polar surface area (TPSA) is 46.5 Å². The van der Waals surface area contributed by atoms with Crippen molar-refractivity contribution in [2.24, 2.45) is 0 Å². The number of methoxy groups -OCH3 is 1. The number of rotatable bonds is 2. The van der Waals surface area contributed by atoms with Crippen LogP contribution in [0.3, 0.4) is 0 Å². The maximum atomic E-state index is 13.4. The van der Waals surface area contributed by atoms with Crippen LogP contribution in [0, 0.1) is 5.82 Å². The molecule has 0 spiro atoms. The highest BCUT2D eigenvalue weighted by Gasteiger charge is 2.23. The van der Waals surface area contributed by atoms with Crippen LogP contribution < -0.4 is 4.74 Å². The van der Waals surface area contributed by atoms with Gasteiger partial charge in [0.2, 0.25) is 0 Å². The van der Waals surface area contributed by atoms with E-state index in [1.54, 1.807) is 18.2 Å². The summed E-state index contributed by atoms with van der Waals surface area (Å²) in [7, 11) is 1.46. The number of aromatic hydroxyl groups is 1. The SMILES string of the molecule is COc1cc(Br)c(/C=C2/CSc3ccc(F)cc3C2=O)cc1O. The quantitative estimate of drug-likeness (QED) is 0.751. The Hall–Kier alpha value is -1.79. The van der Waals surface area contributed by atoms with E-state index in [2.05, 4.69) is 15.9 Å². The van der Waals surface area contributed by atoms with Crippen LogP contribution in [-0.2, 0) is 0 Å². The second-order valence-corrected chi connectivity index (χ2v) is 6.84. The molecule has 0 atom stereocenters. The Balaban J connectivity index is 2.01. The molecule has 23 heavy (non-hydrogen) atoms. The van der Waals surface area contributed by atoms with Crippen LogP contribution in [0.2, 0.25) is 0 Å². The Morgan fingerprint density at radius 1 is 1.35 bits per heavy atom. The number of thioether (sulfide) groups is 1. The normalized spacial score (nSPS) is 15.6. The van der Waals surface area contributed by atoms with Crippen molar-refractivity contribution in [1.82, 2.24) is 0 Å². The number of carbonyl (C=O) groups excluding carboxylic acids is 1. The first-order chi connectivity index (χ1) is 11.0. The van der Waals surface area contributed by atoms with E-state index in [0.29, 0.717) is 32.7 Å². The van der Waals surface area contributed by atoms with E-state index in [9.17, 15) is 14.3 Å². The van der Waals surface area contributed by atoms with Crippen LogP contribution >= 0.6 is 27.7 Å². The van der Waals surface area contributed by atoms with Gasteiger partial charge in [0.15, 0.2) is 17.3 Å². The predicted octanol–water partition coefficient (Wildman–Crippen LogP) is 4.67. The van der Waals surface area contributed by atoms with Gasteiger partial charge in [0, 0.05) is 26.3 Å². The summed E-state index contributed by atoms with van der Waals surface area (Å²) in [5.74, 6) is 0.208. The molecular weight excluding hydrogens is 383 g/mol. The number of ketones is 1. The van der Waals surface area contributed by atoms with Crippen molar-refractivity contribution in [3.63, 3.8) is 0 Å². The number of phenols is 1. The second kappa shape index (κ2) is 6.37. The minimum atomic E-state index is -0.428. The van der Waals surface area contributed by atoms with Gasteiger partial charge in [-0.3, -0.25) is 4.79 Å². The van der Waals surface area contributed by atoms with Crippen LogP contribution in [0.4, 0.5) is 4.39 Å². The molecule has 0 unspecified atom stereocenters. The summed E-state index contributed by atoms with van der Waals surface area (Å²) in [4.78, 5) is 13.3. The van der Waals surface area contributed by atoms with Crippen LogP contribution in [0.15, 0.2) is 45.3 Å². The zero-order valence-corrected chi connectivity index (χ0v) is 14.5. The molecule has 0 saturated heterocycles. The number of halogens is 2. The van der Waals surface area contributed by atoms with Crippen molar-refractivity contribution >= 4 is 39.6 Å². The van der Waals surface area contributed by atoms with Crippen LogP contribution in [0.1, 0.15) is 15.9 Å². The maximum Gasteiger partial charge on any atom is 0.191 e. The summed E-state index contributed by atoms with van der Waals surface area (Å²) < 4.78 is 19.1. The highest BCUT2D eigenvalue weighted by atomic mass is 79.9. The van der Waals surface area contributed by atoms with Gasteiger partial charge in [-0.05, 0) is 42.0 Å².